The molecule has 0 aliphatic heterocycles. The number of hydrogen-bond donors (Lipinski definition) is 3. The van der Waals surface area contributed by atoms with E-state index in [2.05, 4.69) is 5.32 Å². The Labute approximate surface area is 100 Å². The molecule has 1 atom stereocenters. The predicted molar refractivity (Wildman–Crippen MR) is 65.3 cm³/mol. The molecule has 1 aromatic carbocycles. The lowest BCUT2D eigenvalue weighted by atomic mass is 10.1. The van der Waals surface area contributed by atoms with Crippen molar-refractivity contribution in [2.45, 2.75) is 19.4 Å². The third kappa shape index (κ3) is 5.12. The van der Waals surface area contributed by atoms with Gasteiger partial charge in [0.05, 0.1) is 6.04 Å². The monoisotopic (exact) mass is 235 g/mol. The van der Waals surface area contributed by atoms with Crippen LogP contribution in [0.25, 0.3) is 0 Å². The average molecular weight is 235 g/mol. The highest BCUT2D eigenvalue weighted by molar-refractivity contribution is 5.96. The quantitative estimate of drug-likeness (QED) is 0.690. The number of imide groups is 1. The van der Waals surface area contributed by atoms with Crippen molar-refractivity contribution in [2.75, 3.05) is 6.54 Å². The number of urea groups is 1. The third-order valence-corrected chi connectivity index (χ3v) is 2.35. The maximum absolute atomic E-state index is 11.3. The summed E-state index contributed by atoms with van der Waals surface area (Å²) in [6.07, 6.45) is 0.828. The second-order valence-corrected chi connectivity index (χ2v) is 3.76. The van der Waals surface area contributed by atoms with Gasteiger partial charge in [0.25, 0.3) is 0 Å². The number of carbonyl (C=O) groups is 2. The molecule has 92 valence electrons. The molecule has 1 unspecified atom stereocenters. The summed E-state index contributed by atoms with van der Waals surface area (Å²) >= 11 is 0. The van der Waals surface area contributed by atoms with Crippen LogP contribution < -0.4 is 16.4 Å². The first-order chi connectivity index (χ1) is 8.09. The minimum Gasteiger partial charge on any atom is -0.351 e. The molecule has 5 heteroatoms. The van der Waals surface area contributed by atoms with Crippen LogP contribution in [0.1, 0.15) is 12.5 Å². The molecule has 1 rings (SSSR count). The smallest absolute Gasteiger partial charge is 0.318 e. The van der Waals surface area contributed by atoms with Crippen LogP contribution in [0, 0.1) is 0 Å². The van der Waals surface area contributed by atoms with Gasteiger partial charge in [-0.15, -0.1) is 0 Å². The van der Waals surface area contributed by atoms with Gasteiger partial charge in [-0.25, -0.2) is 4.79 Å². The highest BCUT2D eigenvalue weighted by atomic mass is 16.2. The van der Waals surface area contributed by atoms with Crippen LogP contribution >= 0.6 is 0 Å². The van der Waals surface area contributed by atoms with Crippen molar-refractivity contribution < 1.29 is 9.59 Å². The van der Waals surface area contributed by atoms with Crippen molar-refractivity contribution in [2.24, 2.45) is 5.73 Å². The van der Waals surface area contributed by atoms with Crippen molar-refractivity contribution in [1.29, 1.82) is 0 Å². The van der Waals surface area contributed by atoms with Gasteiger partial charge < -0.3 is 11.1 Å². The van der Waals surface area contributed by atoms with E-state index in [4.69, 9.17) is 5.73 Å². The molecule has 0 aromatic heterocycles. The first-order valence-corrected chi connectivity index (χ1v) is 5.47. The zero-order chi connectivity index (χ0) is 12.7. The SMILES string of the molecule is CC(NCCc1ccccc1)C(=O)NC(N)=O. The topological polar surface area (TPSA) is 84.2 Å². The molecule has 0 radical (unpaired) electrons. The van der Waals surface area contributed by atoms with E-state index in [0.29, 0.717) is 6.54 Å². The molecule has 0 spiro atoms. The lowest BCUT2D eigenvalue weighted by Gasteiger charge is -2.12. The Balaban J connectivity index is 2.27. The van der Waals surface area contributed by atoms with Gasteiger partial charge in [-0.2, -0.15) is 0 Å². The number of nitrogens with one attached hydrogen (secondary N) is 2. The van der Waals surface area contributed by atoms with E-state index < -0.39 is 18.0 Å². The molecule has 0 saturated carbocycles. The first kappa shape index (κ1) is 13.2. The Morgan fingerprint density at radius 1 is 1.29 bits per heavy atom. The summed E-state index contributed by atoms with van der Waals surface area (Å²) in [6, 6.07) is 8.68. The average Bonchev–Trinajstić information content (AvgIpc) is 2.29. The van der Waals surface area contributed by atoms with Gasteiger partial charge in [0.1, 0.15) is 0 Å². The van der Waals surface area contributed by atoms with E-state index >= 15 is 0 Å². The number of hydrogen-bond acceptors (Lipinski definition) is 3. The van der Waals surface area contributed by atoms with Crippen molar-refractivity contribution in [3.63, 3.8) is 0 Å². The summed E-state index contributed by atoms with van der Waals surface area (Å²) in [7, 11) is 0. The molecule has 5 nitrogen and oxygen atoms in total. The summed E-state index contributed by atoms with van der Waals surface area (Å²) in [6.45, 7) is 2.35. The number of rotatable bonds is 5. The number of nitrogens with two attached hydrogens (primary N) is 1. The molecule has 0 aliphatic carbocycles. The zero-order valence-electron chi connectivity index (χ0n) is 9.77. The normalized spacial score (nSPS) is 11.8. The van der Waals surface area contributed by atoms with Gasteiger partial charge in [0, 0.05) is 0 Å². The molecule has 0 heterocycles. The van der Waals surface area contributed by atoms with Gasteiger partial charge in [-0.05, 0) is 25.5 Å². The Morgan fingerprint density at radius 2 is 1.94 bits per heavy atom. The van der Waals surface area contributed by atoms with E-state index in [1.54, 1.807) is 6.92 Å². The van der Waals surface area contributed by atoms with Crippen LogP contribution in [-0.4, -0.2) is 24.5 Å². The summed E-state index contributed by atoms with van der Waals surface area (Å²) in [5, 5.41) is 5.05. The standard InChI is InChI=1S/C12H17N3O2/c1-9(11(16)15-12(13)17)14-8-7-10-5-3-2-4-6-10/h2-6,9,14H,7-8H2,1H3,(H3,13,15,16,17). The fourth-order valence-corrected chi connectivity index (χ4v) is 1.40. The number of carbonyl (C=O) groups excluding carboxylic acids is 2. The van der Waals surface area contributed by atoms with Crippen molar-refractivity contribution in [3.8, 4) is 0 Å². The van der Waals surface area contributed by atoms with E-state index in [1.165, 1.54) is 5.56 Å². The van der Waals surface area contributed by atoms with Crippen LogP contribution in [-0.2, 0) is 11.2 Å². The number of amides is 3. The second-order valence-electron chi connectivity index (χ2n) is 3.76. The van der Waals surface area contributed by atoms with Crippen molar-refractivity contribution in [3.05, 3.63) is 35.9 Å². The van der Waals surface area contributed by atoms with Gasteiger partial charge >= 0.3 is 6.03 Å². The van der Waals surface area contributed by atoms with Crippen LogP contribution in [0.3, 0.4) is 0 Å². The van der Waals surface area contributed by atoms with Gasteiger partial charge in [0.2, 0.25) is 5.91 Å². The van der Waals surface area contributed by atoms with E-state index in [-0.39, 0.29) is 0 Å². The van der Waals surface area contributed by atoms with E-state index in [0.717, 1.165) is 6.42 Å². The Bertz CT molecular complexity index is 379. The largest absolute Gasteiger partial charge is 0.351 e. The van der Waals surface area contributed by atoms with Crippen molar-refractivity contribution in [1.82, 2.24) is 10.6 Å². The minimum absolute atomic E-state index is 0.412. The molecular weight excluding hydrogens is 218 g/mol. The molecule has 0 saturated heterocycles. The van der Waals surface area contributed by atoms with E-state index in [1.807, 2.05) is 35.6 Å². The van der Waals surface area contributed by atoms with Crippen LogP contribution in [0.15, 0.2) is 30.3 Å². The third-order valence-electron chi connectivity index (χ3n) is 2.35. The molecule has 3 amide bonds. The maximum atomic E-state index is 11.3. The Kier molecular flexibility index (Phi) is 5.16. The molecule has 0 bridgehead atoms. The van der Waals surface area contributed by atoms with Crippen LogP contribution in [0.5, 0.6) is 0 Å². The maximum Gasteiger partial charge on any atom is 0.318 e. The van der Waals surface area contributed by atoms with Crippen molar-refractivity contribution >= 4 is 11.9 Å². The predicted octanol–water partition coefficient (Wildman–Crippen LogP) is 0.402. The highest BCUT2D eigenvalue weighted by Gasteiger charge is 2.12. The lowest BCUT2D eigenvalue weighted by molar-refractivity contribution is -0.121. The molecular formula is C12H17N3O2. The summed E-state index contributed by atoms with van der Waals surface area (Å²) < 4.78 is 0. The fraction of sp³-hybridized carbons (Fsp3) is 0.333. The molecule has 0 fully saturated rings. The lowest BCUT2D eigenvalue weighted by Crippen LogP contribution is -2.46. The molecule has 4 N–H and O–H groups in total. The van der Waals surface area contributed by atoms with E-state index in [9.17, 15) is 9.59 Å². The first-order valence-electron chi connectivity index (χ1n) is 5.47. The van der Waals surface area contributed by atoms with Crippen LogP contribution in [0.4, 0.5) is 4.79 Å². The molecule has 0 aliphatic rings. The van der Waals surface area contributed by atoms with Gasteiger partial charge in [-0.3, -0.25) is 10.1 Å². The Hall–Kier alpha value is -1.88. The molecule has 17 heavy (non-hydrogen) atoms. The van der Waals surface area contributed by atoms with Gasteiger partial charge in [0.15, 0.2) is 0 Å². The molecule has 1 aromatic rings. The number of benzene rings is 1. The minimum atomic E-state index is -0.827. The summed E-state index contributed by atoms with van der Waals surface area (Å²) in [5.74, 6) is -0.412. The summed E-state index contributed by atoms with van der Waals surface area (Å²) in [4.78, 5) is 21.8. The van der Waals surface area contributed by atoms with Gasteiger partial charge in [-0.1, -0.05) is 30.3 Å². The summed E-state index contributed by atoms with van der Waals surface area (Å²) in [5.41, 5.74) is 6.05. The Morgan fingerprint density at radius 3 is 2.53 bits per heavy atom. The number of primary amides is 1. The highest BCUT2D eigenvalue weighted by Crippen LogP contribution is 1.98. The second kappa shape index (κ2) is 6.65. The zero-order valence-corrected chi connectivity index (χ0v) is 9.77. The van der Waals surface area contributed by atoms with Crippen LogP contribution in [0.2, 0.25) is 0 Å². The fourth-order valence-electron chi connectivity index (χ4n) is 1.40.